The Bertz CT molecular complexity index is 698. The number of nitro groups is 1. The third-order valence-electron chi connectivity index (χ3n) is 4.13. The van der Waals surface area contributed by atoms with Crippen molar-refractivity contribution in [3.05, 3.63) is 46.5 Å². The Kier molecular flexibility index (Phi) is 6.67. The molecule has 0 bridgehead atoms. The molecule has 140 valence electrons. The molecule has 1 aromatic carbocycles. The molecule has 1 fully saturated rings. The van der Waals surface area contributed by atoms with Crippen molar-refractivity contribution in [1.29, 1.82) is 0 Å². The number of urea groups is 1. The number of hydrogen-bond acceptors (Lipinski definition) is 5. The van der Waals surface area contributed by atoms with Gasteiger partial charge in [-0.15, -0.1) is 6.58 Å². The van der Waals surface area contributed by atoms with E-state index in [0.717, 1.165) is 0 Å². The summed E-state index contributed by atoms with van der Waals surface area (Å²) in [5, 5.41) is 16.4. The highest BCUT2D eigenvalue weighted by atomic mass is 16.6. The van der Waals surface area contributed by atoms with Crippen molar-refractivity contribution in [2.75, 3.05) is 44.6 Å². The number of piperazine rings is 1. The van der Waals surface area contributed by atoms with Gasteiger partial charge in [0.15, 0.2) is 0 Å². The maximum Gasteiger partial charge on any atom is 0.321 e. The number of rotatable bonds is 6. The molecule has 0 unspecified atom stereocenters. The highest BCUT2D eigenvalue weighted by Crippen LogP contribution is 2.22. The average molecular weight is 361 g/mol. The molecule has 1 aromatic rings. The molecule has 0 saturated carbocycles. The summed E-state index contributed by atoms with van der Waals surface area (Å²) in [7, 11) is 0. The Morgan fingerprint density at radius 2 is 2.00 bits per heavy atom. The number of amides is 3. The molecule has 0 radical (unpaired) electrons. The van der Waals surface area contributed by atoms with Crippen LogP contribution >= 0.6 is 0 Å². The van der Waals surface area contributed by atoms with Gasteiger partial charge in [-0.3, -0.25) is 19.8 Å². The number of benzene rings is 1. The summed E-state index contributed by atoms with van der Waals surface area (Å²) in [6.45, 7) is 8.05. The molecule has 0 aromatic heterocycles. The summed E-state index contributed by atoms with van der Waals surface area (Å²) in [5.41, 5.74) is 0.896. The molecule has 0 aliphatic carbocycles. The number of nitrogens with zero attached hydrogens (tertiary/aromatic N) is 3. The number of nitro benzene ring substituents is 1. The minimum absolute atomic E-state index is 0.0295. The third-order valence-corrected chi connectivity index (χ3v) is 4.13. The first kappa shape index (κ1) is 19.4. The fraction of sp³-hybridized carbons (Fsp3) is 0.412. The van der Waals surface area contributed by atoms with E-state index in [1.54, 1.807) is 30.0 Å². The van der Waals surface area contributed by atoms with Gasteiger partial charge in [-0.25, -0.2) is 4.79 Å². The van der Waals surface area contributed by atoms with Gasteiger partial charge in [0.05, 0.1) is 11.5 Å². The second-order valence-corrected chi connectivity index (χ2v) is 6.04. The molecule has 0 atom stereocenters. The molecule has 1 heterocycles. The van der Waals surface area contributed by atoms with Crippen LogP contribution in [0.2, 0.25) is 0 Å². The standard InChI is InChI=1S/C17H23N5O4/c1-3-6-18-16(23)12-20-7-9-21(10-8-20)17(24)19-14-5-4-13(2)15(11-14)22(25)26/h3-5,11H,1,6-10,12H2,2H3,(H,18,23)(H,19,24). The molecule has 2 rings (SSSR count). The van der Waals surface area contributed by atoms with Crippen molar-refractivity contribution in [3.63, 3.8) is 0 Å². The van der Waals surface area contributed by atoms with E-state index in [0.29, 0.717) is 44.0 Å². The lowest BCUT2D eigenvalue weighted by molar-refractivity contribution is -0.385. The van der Waals surface area contributed by atoms with Crippen LogP contribution in [0.4, 0.5) is 16.2 Å². The lowest BCUT2D eigenvalue weighted by Gasteiger charge is -2.34. The Morgan fingerprint density at radius 3 is 2.62 bits per heavy atom. The van der Waals surface area contributed by atoms with Crippen molar-refractivity contribution in [1.82, 2.24) is 15.1 Å². The van der Waals surface area contributed by atoms with Crippen LogP contribution in [0, 0.1) is 17.0 Å². The molecule has 1 aliphatic heterocycles. The van der Waals surface area contributed by atoms with Crippen LogP contribution in [0.5, 0.6) is 0 Å². The molecule has 26 heavy (non-hydrogen) atoms. The van der Waals surface area contributed by atoms with Gasteiger partial charge in [-0.1, -0.05) is 12.1 Å². The number of anilines is 1. The van der Waals surface area contributed by atoms with Gasteiger partial charge in [0.1, 0.15) is 0 Å². The van der Waals surface area contributed by atoms with Crippen molar-refractivity contribution in [3.8, 4) is 0 Å². The highest BCUT2D eigenvalue weighted by Gasteiger charge is 2.23. The minimum atomic E-state index is -0.471. The summed E-state index contributed by atoms with van der Waals surface area (Å²) in [6, 6.07) is 4.29. The second-order valence-electron chi connectivity index (χ2n) is 6.04. The quantitative estimate of drug-likeness (QED) is 0.452. The predicted molar refractivity (Wildman–Crippen MR) is 98.1 cm³/mol. The summed E-state index contributed by atoms with van der Waals surface area (Å²) in [4.78, 5) is 38.2. The first-order valence-electron chi connectivity index (χ1n) is 8.31. The highest BCUT2D eigenvalue weighted by molar-refractivity contribution is 5.90. The number of aryl methyl sites for hydroxylation is 1. The van der Waals surface area contributed by atoms with E-state index in [1.165, 1.54) is 6.07 Å². The fourth-order valence-electron chi connectivity index (χ4n) is 2.64. The molecule has 9 heteroatoms. The van der Waals surface area contributed by atoms with E-state index in [4.69, 9.17) is 0 Å². The topological polar surface area (TPSA) is 108 Å². The monoisotopic (exact) mass is 361 g/mol. The van der Waals surface area contributed by atoms with Gasteiger partial charge in [-0.05, 0) is 13.0 Å². The smallest absolute Gasteiger partial charge is 0.321 e. The van der Waals surface area contributed by atoms with Gasteiger partial charge < -0.3 is 15.5 Å². The SMILES string of the molecule is C=CCNC(=O)CN1CCN(C(=O)Nc2ccc(C)c([N+](=O)[O-])c2)CC1. The summed E-state index contributed by atoms with van der Waals surface area (Å²) in [6.07, 6.45) is 1.62. The number of hydrogen-bond donors (Lipinski definition) is 2. The van der Waals surface area contributed by atoms with Crippen LogP contribution in [0.25, 0.3) is 0 Å². The lowest BCUT2D eigenvalue weighted by Crippen LogP contribution is -2.52. The number of carbonyl (C=O) groups excluding carboxylic acids is 2. The van der Waals surface area contributed by atoms with Crippen molar-refractivity contribution in [2.24, 2.45) is 0 Å². The zero-order chi connectivity index (χ0) is 19.1. The van der Waals surface area contributed by atoms with Crippen molar-refractivity contribution in [2.45, 2.75) is 6.92 Å². The number of nitrogens with one attached hydrogen (secondary N) is 2. The van der Waals surface area contributed by atoms with Gasteiger partial charge >= 0.3 is 6.03 Å². The maximum absolute atomic E-state index is 12.3. The Labute approximate surface area is 151 Å². The predicted octanol–water partition coefficient (Wildman–Crippen LogP) is 1.35. The fourth-order valence-corrected chi connectivity index (χ4v) is 2.64. The average Bonchev–Trinajstić information content (AvgIpc) is 2.62. The van der Waals surface area contributed by atoms with E-state index < -0.39 is 4.92 Å². The number of carbonyl (C=O) groups is 2. The van der Waals surface area contributed by atoms with E-state index in [9.17, 15) is 19.7 Å². The normalized spacial score (nSPS) is 14.6. The van der Waals surface area contributed by atoms with Crippen LogP contribution in [-0.2, 0) is 4.79 Å². The molecular weight excluding hydrogens is 338 g/mol. The van der Waals surface area contributed by atoms with Gasteiger partial charge in [0, 0.05) is 50.0 Å². The van der Waals surface area contributed by atoms with Crippen LogP contribution in [0.1, 0.15) is 5.56 Å². The van der Waals surface area contributed by atoms with E-state index in [1.807, 2.05) is 4.90 Å². The third kappa shape index (κ3) is 5.28. The zero-order valence-corrected chi connectivity index (χ0v) is 14.7. The summed E-state index contributed by atoms with van der Waals surface area (Å²) in [5.74, 6) is -0.0743. The molecular formula is C17H23N5O4. The molecule has 0 spiro atoms. The molecule has 9 nitrogen and oxygen atoms in total. The lowest BCUT2D eigenvalue weighted by atomic mass is 10.2. The zero-order valence-electron chi connectivity index (χ0n) is 14.7. The van der Waals surface area contributed by atoms with E-state index in [-0.39, 0.29) is 24.2 Å². The van der Waals surface area contributed by atoms with Gasteiger partial charge in [0.25, 0.3) is 5.69 Å². The Balaban J connectivity index is 1.85. The summed E-state index contributed by atoms with van der Waals surface area (Å²) >= 11 is 0. The molecule has 1 aliphatic rings. The Morgan fingerprint density at radius 1 is 1.31 bits per heavy atom. The first-order chi connectivity index (χ1) is 12.4. The van der Waals surface area contributed by atoms with E-state index in [2.05, 4.69) is 17.2 Å². The van der Waals surface area contributed by atoms with Crippen LogP contribution < -0.4 is 10.6 Å². The minimum Gasteiger partial charge on any atom is -0.352 e. The van der Waals surface area contributed by atoms with Gasteiger partial charge in [-0.2, -0.15) is 0 Å². The van der Waals surface area contributed by atoms with Crippen molar-refractivity contribution < 1.29 is 14.5 Å². The molecule has 1 saturated heterocycles. The van der Waals surface area contributed by atoms with Crippen molar-refractivity contribution >= 4 is 23.3 Å². The largest absolute Gasteiger partial charge is 0.352 e. The second kappa shape index (κ2) is 8.95. The van der Waals surface area contributed by atoms with E-state index >= 15 is 0 Å². The van der Waals surface area contributed by atoms with Gasteiger partial charge in [0.2, 0.25) is 5.91 Å². The molecule has 2 N–H and O–H groups in total. The van der Waals surface area contributed by atoms with Crippen LogP contribution in [-0.4, -0.2) is 65.9 Å². The maximum atomic E-state index is 12.3. The molecule has 3 amide bonds. The summed E-state index contributed by atoms with van der Waals surface area (Å²) < 4.78 is 0. The van der Waals surface area contributed by atoms with Crippen LogP contribution in [0.15, 0.2) is 30.9 Å². The Hall–Kier alpha value is -2.94. The first-order valence-corrected chi connectivity index (χ1v) is 8.31. The van der Waals surface area contributed by atoms with Crippen LogP contribution in [0.3, 0.4) is 0 Å².